The number of hydrogen-bond donors (Lipinski definition) is 1. The molecule has 0 saturated carbocycles. The lowest BCUT2D eigenvalue weighted by Gasteiger charge is -2.24. The van der Waals surface area contributed by atoms with E-state index in [0.717, 1.165) is 36.7 Å². The highest BCUT2D eigenvalue weighted by atomic mass is 15.2. The van der Waals surface area contributed by atoms with Crippen molar-refractivity contribution in [2.75, 3.05) is 17.2 Å². The summed E-state index contributed by atoms with van der Waals surface area (Å²) in [6, 6.07) is 4.03. The standard InChI is InChI=1S/C15H21N5/c1-4-13-18-14(16)11(3)15(19-13)20(5-2)10-12-6-8-17-9-7-12/h6-9H,4-5,10H2,1-3H3,(H2,16,18,19). The van der Waals surface area contributed by atoms with Crippen LogP contribution in [0, 0.1) is 6.92 Å². The molecule has 0 aliphatic rings. The van der Waals surface area contributed by atoms with Crippen molar-refractivity contribution in [3.63, 3.8) is 0 Å². The van der Waals surface area contributed by atoms with Crippen molar-refractivity contribution in [1.29, 1.82) is 0 Å². The second kappa shape index (κ2) is 6.32. The van der Waals surface area contributed by atoms with Crippen LogP contribution < -0.4 is 10.6 Å². The van der Waals surface area contributed by atoms with Crippen LogP contribution in [0.2, 0.25) is 0 Å². The molecule has 0 aliphatic heterocycles. The van der Waals surface area contributed by atoms with Crippen LogP contribution in [0.4, 0.5) is 11.6 Å². The molecule has 0 bridgehead atoms. The zero-order valence-electron chi connectivity index (χ0n) is 12.3. The zero-order valence-corrected chi connectivity index (χ0v) is 12.3. The van der Waals surface area contributed by atoms with Crippen molar-refractivity contribution in [3.8, 4) is 0 Å². The van der Waals surface area contributed by atoms with Crippen LogP contribution in [0.1, 0.15) is 30.8 Å². The summed E-state index contributed by atoms with van der Waals surface area (Å²) in [5.41, 5.74) is 8.14. The van der Waals surface area contributed by atoms with Gasteiger partial charge in [-0.15, -0.1) is 0 Å². The molecule has 0 atom stereocenters. The normalized spacial score (nSPS) is 10.6. The Kier molecular flexibility index (Phi) is 4.50. The molecule has 0 aromatic carbocycles. The second-order valence-electron chi connectivity index (χ2n) is 4.70. The van der Waals surface area contributed by atoms with Crippen molar-refractivity contribution < 1.29 is 0 Å². The van der Waals surface area contributed by atoms with E-state index in [4.69, 9.17) is 5.73 Å². The van der Waals surface area contributed by atoms with Crippen LogP contribution in [0.3, 0.4) is 0 Å². The van der Waals surface area contributed by atoms with Gasteiger partial charge in [0.25, 0.3) is 0 Å². The van der Waals surface area contributed by atoms with E-state index in [1.54, 1.807) is 0 Å². The van der Waals surface area contributed by atoms with Gasteiger partial charge in [-0.05, 0) is 31.5 Å². The van der Waals surface area contributed by atoms with Crippen LogP contribution in [0.5, 0.6) is 0 Å². The first-order valence-corrected chi connectivity index (χ1v) is 6.92. The number of aromatic nitrogens is 3. The minimum Gasteiger partial charge on any atom is -0.383 e. The molecule has 0 spiro atoms. The van der Waals surface area contributed by atoms with E-state index in [1.807, 2.05) is 38.4 Å². The molecule has 2 rings (SSSR count). The smallest absolute Gasteiger partial charge is 0.137 e. The fraction of sp³-hybridized carbons (Fsp3) is 0.400. The second-order valence-corrected chi connectivity index (χ2v) is 4.70. The van der Waals surface area contributed by atoms with Gasteiger partial charge in [-0.2, -0.15) is 0 Å². The molecule has 2 N–H and O–H groups in total. The van der Waals surface area contributed by atoms with Gasteiger partial charge in [0.15, 0.2) is 0 Å². The van der Waals surface area contributed by atoms with E-state index in [2.05, 4.69) is 26.8 Å². The van der Waals surface area contributed by atoms with E-state index in [0.29, 0.717) is 5.82 Å². The van der Waals surface area contributed by atoms with E-state index in [1.165, 1.54) is 5.56 Å². The van der Waals surface area contributed by atoms with Gasteiger partial charge in [0.2, 0.25) is 0 Å². The zero-order chi connectivity index (χ0) is 14.5. The van der Waals surface area contributed by atoms with E-state index in [-0.39, 0.29) is 0 Å². The summed E-state index contributed by atoms with van der Waals surface area (Å²) < 4.78 is 0. The molecule has 5 heteroatoms. The lowest BCUT2D eigenvalue weighted by molar-refractivity contribution is 0.790. The van der Waals surface area contributed by atoms with Crippen molar-refractivity contribution in [3.05, 3.63) is 41.5 Å². The van der Waals surface area contributed by atoms with Gasteiger partial charge in [0.05, 0.1) is 0 Å². The molecular weight excluding hydrogens is 250 g/mol. The Morgan fingerprint density at radius 1 is 1.15 bits per heavy atom. The Morgan fingerprint density at radius 3 is 2.45 bits per heavy atom. The van der Waals surface area contributed by atoms with Crippen molar-refractivity contribution >= 4 is 11.6 Å². The minimum atomic E-state index is 0.569. The molecule has 0 aliphatic carbocycles. The third-order valence-electron chi connectivity index (χ3n) is 3.32. The Labute approximate surface area is 119 Å². The van der Waals surface area contributed by atoms with Crippen LogP contribution >= 0.6 is 0 Å². The van der Waals surface area contributed by atoms with Gasteiger partial charge < -0.3 is 10.6 Å². The van der Waals surface area contributed by atoms with Gasteiger partial charge in [-0.1, -0.05) is 6.92 Å². The third kappa shape index (κ3) is 3.04. The number of nitrogen functional groups attached to an aromatic ring is 1. The predicted octanol–water partition coefficient (Wildman–Crippen LogP) is 2.35. The Balaban J connectivity index is 2.34. The summed E-state index contributed by atoms with van der Waals surface area (Å²) >= 11 is 0. The summed E-state index contributed by atoms with van der Waals surface area (Å²) in [4.78, 5) is 15.2. The number of nitrogens with zero attached hydrogens (tertiary/aromatic N) is 4. The van der Waals surface area contributed by atoms with Gasteiger partial charge in [0, 0.05) is 37.5 Å². The van der Waals surface area contributed by atoms with E-state index in [9.17, 15) is 0 Å². The Hall–Kier alpha value is -2.17. The summed E-state index contributed by atoms with van der Waals surface area (Å²) in [7, 11) is 0. The average molecular weight is 271 g/mol. The summed E-state index contributed by atoms with van der Waals surface area (Å²) in [5, 5.41) is 0. The summed E-state index contributed by atoms with van der Waals surface area (Å²) in [6.45, 7) is 7.78. The SMILES string of the molecule is CCc1nc(N)c(C)c(N(CC)Cc2ccncc2)n1. The number of anilines is 2. The number of nitrogens with two attached hydrogens (primary N) is 1. The molecule has 2 aromatic heterocycles. The molecule has 0 amide bonds. The van der Waals surface area contributed by atoms with Gasteiger partial charge in [-0.25, -0.2) is 9.97 Å². The Morgan fingerprint density at radius 2 is 1.85 bits per heavy atom. The topological polar surface area (TPSA) is 67.9 Å². The third-order valence-corrected chi connectivity index (χ3v) is 3.32. The van der Waals surface area contributed by atoms with Crippen LogP contribution in [0.15, 0.2) is 24.5 Å². The number of rotatable bonds is 5. The number of pyridine rings is 1. The van der Waals surface area contributed by atoms with Crippen LogP contribution in [-0.4, -0.2) is 21.5 Å². The lowest BCUT2D eigenvalue weighted by atomic mass is 10.2. The van der Waals surface area contributed by atoms with Crippen molar-refractivity contribution in [2.24, 2.45) is 0 Å². The highest BCUT2D eigenvalue weighted by molar-refractivity contribution is 5.56. The lowest BCUT2D eigenvalue weighted by Crippen LogP contribution is -2.25. The predicted molar refractivity (Wildman–Crippen MR) is 81.5 cm³/mol. The van der Waals surface area contributed by atoms with Crippen molar-refractivity contribution in [2.45, 2.75) is 33.7 Å². The summed E-state index contributed by atoms with van der Waals surface area (Å²) in [5.74, 6) is 2.28. The first-order chi connectivity index (χ1) is 9.65. The van der Waals surface area contributed by atoms with E-state index >= 15 is 0 Å². The first kappa shape index (κ1) is 14.2. The molecule has 2 aromatic rings. The molecule has 0 saturated heterocycles. The fourth-order valence-electron chi connectivity index (χ4n) is 2.08. The molecule has 0 fully saturated rings. The molecule has 5 nitrogen and oxygen atoms in total. The van der Waals surface area contributed by atoms with Gasteiger partial charge in [-0.3, -0.25) is 4.98 Å². The number of aryl methyl sites for hydroxylation is 1. The first-order valence-electron chi connectivity index (χ1n) is 6.92. The molecular formula is C15H21N5. The average Bonchev–Trinajstić information content (AvgIpc) is 2.48. The Bertz CT molecular complexity index is 568. The maximum absolute atomic E-state index is 6.00. The minimum absolute atomic E-state index is 0.569. The maximum Gasteiger partial charge on any atom is 0.137 e. The highest BCUT2D eigenvalue weighted by Gasteiger charge is 2.14. The van der Waals surface area contributed by atoms with Crippen LogP contribution in [0.25, 0.3) is 0 Å². The molecule has 106 valence electrons. The van der Waals surface area contributed by atoms with E-state index < -0.39 is 0 Å². The quantitative estimate of drug-likeness (QED) is 0.904. The monoisotopic (exact) mass is 271 g/mol. The van der Waals surface area contributed by atoms with Gasteiger partial charge in [0.1, 0.15) is 17.5 Å². The van der Waals surface area contributed by atoms with Crippen LogP contribution in [-0.2, 0) is 13.0 Å². The fourth-order valence-corrected chi connectivity index (χ4v) is 2.08. The molecule has 20 heavy (non-hydrogen) atoms. The maximum atomic E-state index is 6.00. The molecule has 0 radical (unpaired) electrons. The van der Waals surface area contributed by atoms with Crippen molar-refractivity contribution in [1.82, 2.24) is 15.0 Å². The number of hydrogen-bond acceptors (Lipinski definition) is 5. The summed E-state index contributed by atoms with van der Waals surface area (Å²) in [6.07, 6.45) is 4.40. The largest absolute Gasteiger partial charge is 0.383 e. The molecule has 0 unspecified atom stereocenters. The molecule has 2 heterocycles. The van der Waals surface area contributed by atoms with Gasteiger partial charge >= 0.3 is 0 Å². The highest BCUT2D eigenvalue weighted by Crippen LogP contribution is 2.23.